The molecular formula is C9H14N2. The summed E-state index contributed by atoms with van der Waals surface area (Å²) in [4.78, 5) is 4.31. The molecule has 1 aliphatic heterocycles. The van der Waals surface area contributed by atoms with Crippen molar-refractivity contribution in [3.63, 3.8) is 0 Å². The van der Waals surface area contributed by atoms with E-state index < -0.39 is 0 Å². The summed E-state index contributed by atoms with van der Waals surface area (Å²) in [6, 6.07) is 0. The number of hydrogen-bond acceptors (Lipinski definition) is 2. The van der Waals surface area contributed by atoms with Crippen molar-refractivity contribution < 1.29 is 0 Å². The zero-order valence-corrected chi connectivity index (χ0v) is 7.26. The first-order valence-corrected chi connectivity index (χ1v) is 3.84. The van der Waals surface area contributed by atoms with Crippen LogP contribution >= 0.6 is 0 Å². The fourth-order valence-corrected chi connectivity index (χ4v) is 1.18. The number of nitrogens with one attached hydrogen (secondary N) is 1. The molecule has 0 aromatic heterocycles. The molecule has 2 nitrogen and oxygen atoms in total. The van der Waals surface area contributed by atoms with Crippen molar-refractivity contribution in [3.8, 4) is 0 Å². The Bertz CT molecular complexity index is 214. The van der Waals surface area contributed by atoms with Crippen molar-refractivity contribution in [3.05, 3.63) is 12.2 Å². The second-order valence-corrected chi connectivity index (χ2v) is 3.27. The van der Waals surface area contributed by atoms with E-state index >= 15 is 0 Å². The smallest absolute Gasteiger partial charge is 0.0840 e. The largest absolute Gasteiger partial charge is 0.310 e. The van der Waals surface area contributed by atoms with Crippen molar-refractivity contribution in [1.29, 1.82) is 5.41 Å². The Morgan fingerprint density at radius 1 is 1.64 bits per heavy atom. The number of nitrogens with zero attached hydrogens (tertiary/aromatic N) is 1. The highest BCUT2D eigenvalue weighted by Gasteiger charge is 2.29. The maximum Gasteiger partial charge on any atom is 0.0840 e. The van der Waals surface area contributed by atoms with Crippen molar-refractivity contribution in [2.24, 2.45) is 10.9 Å². The second kappa shape index (κ2) is 2.61. The molecule has 0 aromatic rings. The first kappa shape index (κ1) is 8.18. The van der Waals surface area contributed by atoms with E-state index in [1.807, 2.05) is 19.9 Å². The highest BCUT2D eigenvalue weighted by atomic mass is 14.9. The van der Waals surface area contributed by atoms with E-state index in [-0.39, 0.29) is 11.5 Å². The van der Waals surface area contributed by atoms with E-state index in [1.165, 1.54) is 0 Å². The van der Waals surface area contributed by atoms with Crippen molar-refractivity contribution >= 4 is 11.9 Å². The third-order valence-electron chi connectivity index (χ3n) is 2.40. The lowest BCUT2D eigenvalue weighted by atomic mass is 9.85. The first-order chi connectivity index (χ1) is 5.06. The minimum absolute atomic E-state index is 0.161. The molecule has 1 heterocycles. The third kappa shape index (κ3) is 1.39. The van der Waals surface area contributed by atoms with Gasteiger partial charge in [-0.25, -0.2) is 0 Å². The normalized spacial score (nSPS) is 30.8. The summed E-state index contributed by atoms with van der Waals surface area (Å²) in [5.74, 6) is 0.206. The van der Waals surface area contributed by atoms with Crippen molar-refractivity contribution in [1.82, 2.24) is 0 Å². The highest BCUT2D eigenvalue weighted by Crippen LogP contribution is 2.26. The number of aliphatic imine (C=N–C) groups is 1. The quantitative estimate of drug-likeness (QED) is 0.585. The van der Waals surface area contributed by atoms with Crippen molar-refractivity contribution in [2.45, 2.75) is 26.3 Å². The van der Waals surface area contributed by atoms with E-state index in [0.717, 1.165) is 0 Å². The maximum absolute atomic E-state index is 7.48. The molecule has 0 saturated heterocycles. The summed E-state index contributed by atoms with van der Waals surface area (Å²) in [6.07, 6.45) is 5.80. The van der Waals surface area contributed by atoms with Gasteiger partial charge in [-0.15, -0.1) is 0 Å². The second-order valence-electron chi connectivity index (χ2n) is 3.27. The van der Waals surface area contributed by atoms with Gasteiger partial charge in [0.1, 0.15) is 0 Å². The van der Waals surface area contributed by atoms with Gasteiger partial charge in [-0.3, -0.25) is 4.99 Å². The lowest BCUT2D eigenvalue weighted by molar-refractivity contribution is 0.493. The van der Waals surface area contributed by atoms with Crippen LogP contribution in [0, 0.1) is 11.3 Å². The Labute approximate surface area is 67.5 Å². The summed E-state index contributed by atoms with van der Waals surface area (Å²) < 4.78 is 0. The summed E-state index contributed by atoms with van der Waals surface area (Å²) in [7, 11) is 0. The van der Waals surface area contributed by atoms with E-state index in [0.29, 0.717) is 5.71 Å². The predicted molar refractivity (Wildman–Crippen MR) is 48.6 cm³/mol. The molecule has 0 bridgehead atoms. The van der Waals surface area contributed by atoms with Gasteiger partial charge in [0.15, 0.2) is 0 Å². The molecular weight excluding hydrogens is 136 g/mol. The standard InChI is InChI=1S/C9H14N2/c1-7(8(2)10)9(3)5-4-6-11-9/h4-7,10H,1-3H3. The minimum atomic E-state index is -0.161. The Balaban J connectivity index is 2.81. The molecule has 0 radical (unpaired) electrons. The number of rotatable bonds is 2. The van der Waals surface area contributed by atoms with Crippen LogP contribution in [-0.4, -0.2) is 17.5 Å². The number of hydrogen-bond donors (Lipinski definition) is 1. The predicted octanol–water partition coefficient (Wildman–Crippen LogP) is 2.06. The Morgan fingerprint density at radius 3 is 2.64 bits per heavy atom. The molecule has 0 aliphatic carbocycles. The van der Waals surface area contributed by atoms with Gasteiger partial charge >= 0.3 is 0 Å². The molecule has 0 amide bonds. The topological polar surface area (TPSA) is 36.2 Å². The monoisotopic (exact) mass is 150 g/mol. The zero-order chi connectivity index (χ0) is 8.48. The molecule has 1 rings (SSSR count). The first-order valence-electron chi connectivity index (χ1n) is 3.84. The average molecular weight is 150 g/mol. The molecule has 1 N–H and O–H groups in total. The summed E-state index contributed by atoms with van der Waals surface area (Å²) >= 11 is 0. The molecule has 1 aliphatic rings. The van der Waals surface area contributed by atoms with Crippen LogP contribution in [0.2, 0.25) is 0 Å². The van der Waals surface area contributed by atoms with Crippen LogP contribution in [0.25, 0.3) is 0 Å². The van der Waals surface area contributed by atoms with Crippen LogP contribution < -0.4 is 0 Å². The van der Waals surface area contributed by atoms with Crippen LogP contribution in [0.15, 0.2) is 17.1 Å². The van der Waals surface area contributed by atoms with Gasteiger partial charge in [0, 0.05) is 17.8 Å². The van der Waals surface area contributed by atoms with Gasteiger partial charge in [0.2, 0.25) is 0 Å². The summed E-state index contributed by atoms with van der Waals surface area (Å²) in [6.45, 7) is 5.92. The fourth-order valence-electron chi connectivity index (χ4n) is 1.18. The molecule has 0 saturated carbocycles. The van der Waals surface area contributed by atoms with Gasteiger partial charge in [-0.2, -0.15) is 0 Å². The van der Waals surface area contributed by atoms with Crippen LogP contribution in [0.5, 0.6) is 0 Å². The average Bonchev–Trinajstić information content (AvgIpc) is 2.35. The summed E-state index contributed by atoms with van der Waals surface area (Å²) in [5, 5.41) is 7.48. The van der Waals surface area contributed by atoms with Crippen LogP contribution in [-0.2, 0) is 0 Å². The van der Waals surface area contributed by atoms with Crippen molar-refractivity contribution in [2.75, 3.05) is 0 Å². The molecule has 2 heteroatoms. The molecule has 0 aromatic carbocycles. The fraction of sp³-hybridized carbons (Fsp3) is 0.556. The molecule has 11 heavy (non-hydrogen) atoms. The van der Waals surface area contributed by atoms with Gasteiger partial charge in [-0.1, -0.05) is 13.0 Å². The Kier molecular flexibility index (Phi) is 1.94. The summed E-state index contributed by atoms with van der Waals surface area (Å²) in [5.41, 5.74) is 0.530. The Morgan fingerprint density at radius 2 is 2.27 bits per heavy atom. The van der Waals surface area contributed by atoms with Crippen LogP contribution in [0.3, 0.4) is 0 Å². The molecule has 0 fully saturated rings. The van der Waals surface area contributed by atoms with E-state index in [4.69, 9.17) is 5.41 Å². The van der Waals surface area contributed by atoms with Crippen LogP contribution in [0.4, 0.5) is 0 Å². The van der Waals surface area contributed by atoms with E-state index in [9.17, 15) is 0 Å². The van der Waals surface area contributed by atoms with E-state index in [2.05, 4.69) is 18.0 Å². The van der Waals surface area contributed by atoms with Crippen LogP contribution in [0.1, 0.15) is 20.8 Å². The zero-order valence-electron chi connectivity index (χ0n) is 7.26. The van der Waals surface area contributed by atoms with Gasteiger partial charge in [0.05, 0.1) is 5.54 Å². The van der Waals surface area contributed by atoms with Gasteiger partial charge < -0.3 is 5.41 Å². The molecule has 0 spiro atoms. The minimum Gasteiger partial charge on any atom is -0.310 e. The lowest BCUT2D eigenvalue weighted by Gasteiger charge is -2.25. The van der Waals surface area contributed by atoms with Gasteiger partial charge in [-0.05, 0) is 19.9 Å². The Hall–Kier alpha value is -0.920. The molecule has 60 valence electrons. The lowest BCUT2D eigenvalue weighted by Crippen LogP contribution is -2.31. The number of allylic oxidation sites excluding steroid dienone is 1. The SMILES string of the molecule is CC(=N)C(C)C1(C)C=CC=N1. The third-order valence-corrected chi connectivity index (χ3v) is 2.40. The maximum atomic E-state index is 7.48. The van der Waals surface area contributed by atoms with Gasteiger partial charge in [0.25, 0.3) is 0 Å². The molecule has 2 atom stereocenters. The molecule has 2 unspecified atom stereocenters. The highest BCUT2D eigenvalue weighted by molar-refractivity contribution is 5.85. The van der Waals surface area contributed by atoms with E-state index in [1.54, 1.807) is 6.21 Å².